The zero-order valence-electron chi connectivity index (χ0n) is 20.4. The van der Waals surface area contributed by atoms with E-state index < -0.39 is 17.5 Å². The summed E-state index contributed by atoms with van der Waals surface area (Å²) in [5.41, 5.74) is 3.89. The Bertz CT molecular complexity index is 1290. The highest BCUT2D eigenvalue weighted by atomic mass is 16.5. The van der Waals surface area contributed by atoms with Gasteiger partial charge in [0, 0.05) is 24.4 Å². The molecule has 8 nitrogen and oxygen atoms in total. The van der Waals surface area contributed by atoms with Crippen LogP contribution in [0.4, 0.5) is 4.79 Å². The van der Waals surface area contributed by atoms with Gasteiger partial charge in [-0.05, 0) is 54.0 Å². The van der Waals surface area contributed by atoms with Crippen LogP contribution in [0.25, 0.3) is 5.70 Å². The highest BCUT2D eigenvalue weighted by Gasteiger charge is 2.51. The number of rotatable bonds is 6. The van der Waals surface area contributed by atoms with E-state index in [1.54, 1.807) is 7.11 Å². The average molecular weight is 487 g/mol. The van der Waals surface area contributed by atoms with Gasteiger partial charge in [0.05, 0.1) is 26.1 Å². The molecule has 6 rings (SSSR count). The van der Waals surface area contributed by atoms with Crippen LogP contribution in [0.3, 0.4) is 0 Å². The van der Waals surface area contributed by atoms with E-state index in [2.05, 4.69) is 29.3 Å². The van der Waals surface area contributed by atoms with Crippen LogP contribution < -0.4 is 15.4 Å². The first kappa shape index (κ1) is 22.6. The van der Waals surface area contributed by atoms with Crippen LogP contribution in [0.15, 0.2) is 49.0 Å². The fourth-order valence-electron chi connectivity index (χ4n) is 6.02. The maximum Gasteiger partial charge on any atom is 0.322 e. The van der Waals surface area contributed by atoms with E-state index in [1.807, 2.05) is 40.1 Å². The fraction of sp³-hybridized carbons (Fsp3) is 0.393. The molecule has 4 amide bonds. The molecule has 2 N–H and O–H groups in total. The normalized spacial score (nSPS) is 24.8. The first-order valence-electron chi connectivity index (χ1n) is 12.5. The molecule has 2 fully saturated rings. The van der Waals surface area contributed by atoms with E-state index in [9.17, 15) is 14.4 Å². The number of fused-ring (bicyclic) bond motifs is 2. The van der Waals surface area contributed by atoms with E-state index >= 15 is 0 Å². The van der Waals surface area contributed by atoms with Gasteiger partial charge in [-0.3, -0.25) is 14.9 Å². The Morgan fingerprint density at radius 3 is 2.69 bits per heavy atom. The minimum Gasteiger partial charge on any atom is -0.497 e. The lowest BCUT2D eigenvalue weighted by molar-refractivity contribution is -0.139. The summed E-state index contributed by atoms with van der Waals surface area (Å²) >= 11 is 0. The van der Waals surface area contributed by atoms with Gasteiger partial charge >= 0.3 is 6.03 Å². The molecular weight excluding hydrogens is 456 g/mol. The summed E-state index contributed by atoms with van der Waals surface area (Å²) in [5.74, 6) is 0.594. The Labute approximate surface area is 210 Å². The van der Waals surface area contributed by atoms with Crippen LogP contribution in [-0.4, -0.2) is 53.4 Å². The predicted octanol–water partition coefficient (Wildman–Crippen LogP) is 2.99. The molecule has 0 bridgehead atoms. The maximum absolute atomic E-state index is 13.9. The van der Waals surface area contributed by atoms with Crippen LogP contribution in [0.2, 0.25) is 0 Å². The first-order chi connectivity index (χ1) is 17.4. The van der Waals surface area contributed by atoms with E-state index in [-0.39, 0.29) is 24.9 Å². The Hall–Kier alpha value is -3.81. The standard InChI is InChI=1S/C28H30N4O4/c1-17-23-13-21(36-2)10-9-20(23)15-31(17)16-28(26(34)29-27(35)30-28)14-24(33)32-12-11-18-5-3-4-6-22(18)25(32)19-7-8-19/h3-6,9-10,13,19,25H,1,7-8,11-12,14-16H2,2H3,(H2,29,30,34,35). The number of urea groups is 1. The summed E-state index contributed by atoms with van der Waals surface area (Å²) in [6, 6.07) is 13.6. The molecule has 0 radical (unpaired) electrons. The number of ether oxygens (including phenoxy) is 1. The van der Waals surface area contributed by atoms with Crippen LogP contribution in [-0.2, 0) is 22.6 Å². The molecule has 3 aliphatic heterocycles. The van der Waals surface area contributed by atoms with Gasteiger partial charge in [-0.2, -0.15) is 0 Å². The third kappa shape index (κ3) is 3.72. The molecule has 2 aromatic carbocycles. The van der Waals surface area contributed by atoms with Crippen molar-refractivity contribution in [2.24, 2.45) is 5.92 Å². The molecule has 1 saturated heterocycles. The van der Waals surface area contributed by atoms with E-state index in [1.165, 1.54) is 11.1 Å². The van der Waals surface area contributed by atoms with Crippen LogP contribution in [0.1, 0.15) is 47.6 Å². The van der Waals surface area contributed by atoms with Gasteiger partial charge in [-0.1, -0.05) is 36.9 Å². The second kappa shape index (κ2) is 8.40. The van der Waals surface area contributed by atoms with Crippen LogP contribution in [0.5, 0.6) is 5.75 Å². The summed E-state index contributed by atoms with van der Waals surface area (Å²) in [6.45, 7) is 5.55. The van der Waals surface area contributed by atoms with Crippen molar-refractivity contribution in [1.82, 2.24) is 20.4 Å². The van der Waals surface area contributed by atoms with Crippen molar-refractivity contribution in [1.29, 1.82) is 0 Å². The molecule has 36 heavy (non-hydrogen) atoms. The molecular formula is C28H30N4O4. The number of hydrogen-bond donors (Lipinski definition) is 2. The number of nitrogens with zero attached hydrogens (tertiary/aromatic N) is 2. The third-order valence-corrected chi connectivity index (χ3v) is 8.02. The molecule has 1 saturated carbocycles. The Morgan fingerprint density at radius 1 is 1.17 bits per heavy atom. The fourth-order valence-corrected chi connectivity index (χ4v) is 6.02. The smallest absolute Gasteiger partial charge is 0.322 e. The van der Waals surface area contributed by atoms with Crippen molar-refractivity contribution < 1.29 is 19.1 Å². The number of nitrogens with one attached hydrogen (secondary N) is 2. The summed E-state index contributed by atoms with van der Waals surface area (Å²) in [7, 11) is 1.62. The Morgan fingerprint density at radius 2 is 1.97 bits per heavy atom. The second-order valence-electron chi connectivity index (χ2n) is 10.3. The van der Waals surface area contributed by atoms with Crippen molar-refractivity contribution in [2.45, 2.75) is 43.8 Å². The lowest BCUT2D eigenvalue weighted by Gasteiger charge is -2.40. The lowest BCUT2D eigenvalue weighted by atomic mass is 9.87. The van der Waals surface area contributed by atoms with E-state index in [4.69, 9.17) is 4.74 Å². The molecule has 2 unspecified atom stereocenters. The summed E-state index contributed by atoms with van der Waals surface area (Å²) in [4.78, 5) is 43.2. The highest BCUT2D eigenvalue weighted by Crippen LogP contribution is 2.47. The summed E-state index contributed by atoms with van der Waals surface area (Å²) in [5, 5.41) is 5.18. The molecule has 2 atom stereocenters. The Balaban J connectivity index is 1.27. The largest absolute Gasteiger partial charge is 0.497 e. The van der Waals surface area contributed by atoms with Crippen LogP contribution >= 0.6 is 0 Å². The number of benzene rings is 2. The van der Waals surface area contributed by atoms with Gasteiger partial charge in [0.2, 0.25) is 5.91 Å². The van der Waals surface area contributed by atoms with E-state index in [0.29, 0.717) is 19.0 Å². The van der Waals surface area contributed by atoms with Gasteiger partial charge < -0.3 is 19.9 Å². The number of imide groups is 1. The molecule has 0 spiro atoms. The SMILES string of the molecule is C=C1c2cc(OC)ccc2CN1CC1(CC(=O)N2CCc3ccccc3C2C2CC2)NC(=O)NC1=O. The molecule has 8 heteroatoms. The monoisotopic (exact) mass is 486 g/mol. The van der Waals surface area contributed by atoms with Crippen molar-refractivity contribution in [3.63, 3.8) is 0 Å². The molecule has 186 valence electrons. The number of amides is 4. The predicted molar refractivity (Wildman–Crippen MR) is 134 cm³/mol. The zero-order chi connectivity index (χ0) is 25.0. The summed E-state index contributed by atoms with van der Waals surface area (Å²) < 4.78 is 5.36. The van der Waals surface area contributed by atoms with Gasteiger partial charge in [0.15, 0.2) is 0 Å². The number of methoxy groups -OCH3 is 1. The van der Waals surface area contributed by atoms with Gasteiger partial charge in [-0.15, -0.1) is 0 Å². The molecule has 1 aliphatic carbocycles. The number of hydrogen-bond acceptors (Lipinski definition) is 5. The molecule has 2 aromatic rings. The lowest BCUT2D eigenvalue weighted by Crippen LogP contribution is -2.57. The average Bonchev–Trinajstić information content (AvgIpc) is 3.62. The quantitative estimate of drug-likeness (QED) is 0.613. The minimum absolute atomic E-state index is 0.0261. The van der Waals surface area contributed by atoms with Crippen molar-refractivity contribution >= 4 is 23.5 Å². The second-order valence-corrected chi connectivity index (χ2v) is 10.3. The van der Waals surface area contributed by atoms with Crippen molar-refractivity contribution in [3.05, 3.63) is 71.3 Å². The topological polar surface area (TPSA) is 91.0 Å². The maximum atomic E-state index is 13.9. The van der Waals surface area contributed by atoms with Gasteiger partial charge in [-0.25, -0.2) is 4.79 Å². The first-order valence-corrected chi connectivity index (χ1v) is 12.5. The molecule has 0 aromatic heterocycles. The zero-order valence-corrected chi connectivity index (χ0v) is 20.4. The van der Waals surface area contributed by atoms with Crippen molar-refractivity contribution in [2.75, 3.05) is 20.2 Å². The van der Waals surface area contributed by atoms with Crippen molar-refractivity contribution in [3.8, 4) is 5.75 Å². The van der Waals surface area contributed by atoms with Crippen LogP contribution in [0, 0.1) is 5.92 Å². The molecule has 4 aliphatic rings. The number of carbonyl (C=O) groups is 3. The van der Waals surface area contributed by atoms with Gasteiger partial charge in [0.1, 0.15) is 11.3 Å². The van der Waals surface area contributed by atoms with E-state index in [0.717, 1.165) is 41.8 Å². The highest BCUT2D eigenvalue weighted by molar-refractivity contribution is 6.09. The Kier molecular flexibility index (Phi) is 5.28. The summed E-state index contributed by atoms with van der Waals surface area (Å²) in [6.07, 6.45) is 2.89. The molecule has 3 heterocycles. The third-order valence-electron chi connectivity index (χ3n) is 8.02. The minimum atomic E-state index is -1.37. The van der Waals surface area contributed by atoms with Gasteiger partial charge in [0.25, 0.3) is 5.91 Å². The number of carbonyl (C=O) groups excluding carboxylic acids is 3.